The van der Waals surface area contributed by atoms with Gasteiger partial charge in [-0.05, 0) is 17.7 Å². The van der Waals surface area contributed by atoms with Crippen molar-refractivity contribution in [2.75, 3.05) is 0 Å². The van der Waals surface area contributed by atoms with Gasteiger partial charge in [0, 0.05) is 23.3 Å². The number of hydrogen-bond donors (Lipinski definition) is 1. The van der Waals surface area contributed by atoms with Gasteiger partial charge in [0.05, 0.1) is 0 Å². The van der Waals surface area contributed by atoms with E-state index in [1.807, 2.05) is 24.3 Å². The molecule has 2 N–H and O–H groups in total. The zero-order valence-corrected chi connectivity index (χ0v) is 10.6. The Balaban J connectivity index is 3.09. The second-order valence-corrected chi connectivity index (χ2v) is 4.52. The van der Waals surface area contributed by atoms with E-state index in [0.29, 0.717) is 0 Å². The van der Waals surface area contributed by atoms with Crippen LogP contribution < -0.4 is 5.73 Å². The van der Waals surface area contributed by atoms with Crippen LogP contribution in [0.5, 0.6) is 0 Å². The number of rotatable bonds is 5. The van der Waals surface area contributed by atoms with Crippen molar-refractivity contribution in [3.8, 4) is 0 Å². The van der Waals surface area contributed by atoms with Gasteiger partial charge in [-0.2, -0.15) is 0 Å². The van der Waals surface area contributed by atoms with Crippen molar-refractivity contribution in [1.29, 1.82) is 0 Å². The first kappa shape index (κ1) is 13.4. The maximum atomic E-state index is 6.30. The molecule has 0 saturated heterocycles. The molecule has 0 radical (unpaired) electrons. The quantitative estimate of drug-likeness (QED) is 0.787. The normalized spacial score (nSPS) is 14.2. The number of allylic oxidation sites excluding steroid dienone is 2. The average molecular weight is 228 g/mol. The van der Waals surface area contributed by atoms with E-state index >= 15 is 0 Å². The minimum absolute atomic E-state index is 0.159. The van der Waals surface area contributed by atoms with Crippen LogP contribution in [0.25, 0.3) is 0 Å². The maximum absolute atomic E-state index is 6.30. The van der Waals surface area contributed by atoms with Gasteiger partial charge in [-0.3, -0.25) is 4.98 Å². The lowest BCUT2D eigenvalue weighted by atomic mass is 9.77. The monoisotopic (exact) mass is 228 g/mol. The summed E-state index contributed by atoms with van der Waals surface area (Å²) >= 11 is 0. The molecule has 0 aliphatic heterocycles. The Kier molecular flexibility index (Phi) is 4.41. The van der Waals surface area contributed by atoms with Crippen molar-refractivity contribution in [3.63, 3.8) is 0 Å². The first-order valence-electron chi connectivity index (χ1n) is 5.66. The summed E-state index contributed by atoms with van der Waals surface area (Å²) < 4.78 is 0. The van der Waals surface area contributed by atoms with E-state index in [0.717, 1.165) is 11.3 Å². The summed E-state index contributed by atoms with van der Waals surface area (Å²) in [4.78, 5) is 4.38. The van der Waals surface area contributed by atoms with Gasteiger partial charge in [0.25, 0.3) is 0 Å². The van der Waals surface area contributed by atoms with Crippen LogP contribution in [0.3, 0.4) is 0 Å². The Morgan fingerprint density at radius 1 is 1.41 bits per heavy atom. The molecule has 1 heterocycles. The highest BCUT2D eigenvalue weighted by Gasteiger charge is 2.31. The van der Waals surface area contributed by atoms with Crippen molar-refractivity contribution >= 4 is 0 Å². The lowest BCUT2D eigenvalue weighted by Gasteiger charge is -2.32. The first-order chi connectivity index (χ1) is 8.04. The molecule has 90 valence electrons. The Bertz CT molecular complexity index is 416. The molecule has 1 aromatic rings. The molecule has 2 heteroatoms. The second-order valence-electron chi connectivity index (χ2n) is 4.52. The minimum atomic E-state index is -0.246. The molecule has 1 aromatic heterocycles. The van der Waals surface area contributed by atoms with E-state index in [4.69, 9.17) is 5.73 Å². The highest BCUT2D eigenvalue weighted by Crippen LogP contribution is 2.28. The molecule has 0 spiro atoms. The third-order valence-electron chi connectivity index (χ3n) is 3.01. The standard InChI is InChI=1S/C15H20N2/c1-5-9-12(6-2)14(16)15(3,4)13-10-7-8-11-17-13/h5-11,14H,1-2,16H2,3-4H3/b12-9+. The largest absolute Gasteiger partial charge is 0.323 e. The van der Waals surface area contributed by atoms with Crippen LogP contribution in [0.4, 0.5) is 0 Å². The Labute approximate surface area is 104 Å². The third kappa shape index (κ3) is 2.92. The summed E-state index contributed by atoms with van der Waals surface area (Å²) in [5.74, 6) is 0. The van der Waals surface area contributed by atoms with Crippen LogP contribution in [0.2, 0.25) is 0 Å². The van der Waals surface area contributed by atoms with E-state index in [1.165, 1.54) is 0 Å². The molecule has 1 rings (SSSR count). The summed E-state index contributed by atoms with van der Waals surface area (Å²) in [6, 6.07) is 5.71. The van der Waals surface area contributed by atoms with Crippen molar-refractivity contribution < 1.29 is 0 Å². The van der Waals surface area contributed by atoms with Gasteiger partial charge in [-0.25, -0.2) is 0 Å². The molecule has 0 aliphatic rings. The van der Waals surface area contributed by atoms with Crippen LogP contribution in [-0.4, -0.2) is 11.0 Å². The molecular formula is C15H20N2. The molecule has 0 saturated carbocycles. The van der Waals surface area contributed by atoms with Crippen LogP contribution in [0.1, 0.15) is 19.5 Å². The predicted octanol–water partition coefficient (Wildman–Crippen LogP) is 2.98. The fraction of sp³-hybridized carbons (Fsp3) is 0.267. The maximum Gasteiger partial charge on any atom is 0.0478 e. The second kappa shape index (κ2) is 5.60. The van der Waals surface area contributed by atoms with E-state index in [9.17, 15) is 0 Å². The molecule has 2 nitrogen and oxygen atoms in total. The number of pyridine rings is 1. The Hall–Kier alpha value is -1.67. The summed E-state index contributed by atoms with van der Waals surface area (Å²) in [7, 11) is 0. The zero-order valence-electron chi connectivity index (χ0n) is 10.6. The van der Waals surface area contributed by atoms with E-state index in [-0.39, 0.29) is 11.5 Å². The average Bonchev–Trinajstić information content (AvgIpc) is 2.36. The van der Waals surface area contributed by atoms with Gasteiger partial charge in [0.2, 0.25) is 0 Å². The smallest absolute Gasteiger partial charge is 0.0478 e. The molecule has 17 heavy (non-hydrogen) atoms. The van der Waals surface area contributed by atoms with E-state index in [1.54, 1.807) is 18.3 Å². The van der Waals surface area contributed by atoms with Crippen molar-refractivity contribution in [1.82, 2.24) is 4.98 Å². The van der Waals surface area contributed by atoms with E-state index < -0.39 is 0 Å². The topological polar surface area (TPSA) is 38.9 Å². The van der Waals surface area contributed by atoms with Crippen LogP contribution in [-0.2, 0) is 5.41 Å². The summed E-state index contributed by atoms with van der Waals surface area (Å²) in [5.41, 5.74) is 8.00. The highest BCUT2D eigenvalue weighted by molar-refractivity contribution is 5.33. The van der Waals surface area contributed by atoms with Gasteiger partial charge < -0.3 is 5.73 Å². The Morgan fingerprint density at radius 2 is 2.12 bits per heavy atom. The van der Waals surface area contributed by atoms with Crippen LogP contribution >= 0.6 is 0 Å². The van der Waals surface area contributed by atoms with Crippen LogP contribution in [0.15, 0.2) is 61.4 Å². The molecule has 0 aromatic carbocycles. The molecule has 1 unspecified atom stereocenters. The summed E-state index contributed by atoms with van der Waals surface area (Å²) in [6.45, 7) is 11.6. The van der Waals surface area contributed by atoms with Crippen molar-refractivity contribution in [3.05, 3.63) is 67.0 Å². The molecule has 1 atom stereocenters. The number of hydrogen-bond acceptors (Lipinski definition) is 2. The molecule has 0 bridgehead atoms. The van der Waals surface area contributed by atoms with Gasteiger partial charge in [0.1, 0.15) is 0 Å². The summed E-state index contributed by atoms with van der Waals surface area (Å²) in [6.07, 6.45) is 7.18. The van der Waals surface area contributed by atoms with Crippen molar-refractivity contribution in [2.45, 2.75) is 25.3 Å². The lowest BCUT2D eigenvalue weighted by molar-refractivity contribution is 0.443. The molecule has 0 fully saturated rings. The van der Waals surface area contributed by atoms with E-state index in [2.05, 4.69) is 32.0 Å². The van der Waals surface area contributed by atoms with Gasteiger partial charge in [-0.15, -0.1) is 0 Å². The fourth-order valence-electron chi connectivity index (χ4n) is 1.75. The van der Waals surface area contributed by atoms with Gasteiger partial charge in [0.15, 0.2) is 0 Å². The lowest BCUT2D eigenvalue weighted by Crippen LogP contribution is -2.42. The molecule has 0 aliphatic carbocycles. The third-order valence-corrected chi connectivity index (χ3v) is 3.01. The summed E-state index contributed by atoms with van der Waals surface area (Å²) in [5, 5.41) is 0. The van der Waals surface area contributed by atoms with Crippen LogP contribution in [0, 0.1) is 0 Å². The van der Waals surface area contributed by atoms with Crippen molar-refractivity contribution in [2.24, 2.45) is 5.73 Å². The Morgan fingerprint density at radius 3 is 2.59 bits per heavy atom. The van der Waals surface area contributed by atoms with Gasteiger partial charge in [-0.1, -0.05) is 51.3 Å². The highest BCUT2D eigenvalue weighted by atomic mass is 14.8. The SMILES string of the molecule is C=C/C=C(\C=C)C(N)C(C)(C)c1ccccn1. The minimum Gasteiger partial charge on any atom is -0.323 e. The number of aromatic nitrogens is 1. The number of nitrogens with zero attached hydrogens (tertiary/aromatic N) is 1. The number of nitrogens with two attached hydrogens (primary N) is 1. The molecule has 0 amide bonds. The fourth-order valence-corrected chi connectivity index (χ4v) is 1.75. The molecular weight excluding hydrogens is 208 g/mol. The predicted molar refractivity (Wildman–Crippen MR) is 73.7 cm³/mol. The first-order valence-corrected chi connectivity index (χ1v) is 5.66. The zero-order chi connectivity index (χ0) is 12.9. The van der Waals surface area contributed by atoms with Gasteiger partial charge >= 0.3 is 0 Å².